The molecule has 7 heteroatoms. The van der Waals surface area contributed by atoms with Crippen LogP contribution in [0.1, 0.15) is 39.2 Å². The molecular weight excluding hydrogens is 445 g/mol. The van der Waals surface area contributed by atoms with Crippen LogP contribution in [-0.2, 0) is 27.3 Å². The molecule has 2 aliphatic rings. The van der Waals surface area contributed by atoms with Crippen LogP contribution in [0.15, 0.2) is 29.2 Å². The summed E-state index contributed by atoms with van der Waals surface area (Å²) in [6.45, 7) is 8.19. The molecule has 0 aliphatic heterocycles. The van der Waals surface area contributed by atoms with E-state index in [0.29, 0.717) is 18.3 Å². The van der Waals surface area contributed by atoms with E-state index in [2.05, 4.69) is 28.3 Å². The first-order chi connectivity index (χ1) is 11.0. The zero-order valence-electron chi connectivity index (χ0n) is 15.4. The van der Waals surface area contributed by atoms with E-state index in [-0.39, 0.29) is 17.7 Å². The second-order valence-corrected chi connectivity index (χ2v) is 9.43. The summed E-state index contributed by atoms with van der Waals surface area (Å²) in [5, 5.41) is 0. The van der Waals surface area contributed by atoms with Crippen molar-refractivity contribution in [3.63, 3.8) is 0 Å². The van der Waals surface area contributed by atoms with Crippen molar-refractivity contribution in [2.75, 3.05) is 0 Å². The minimum atomic E-state index is -3.68. The van der Waals surface area contributed by atoms with Gasteiger partial charge in [0.25, 0.3) is 0 Å². The van der Waals surface area contributed by atoms with Gasteiger partial charge in [0.2, 0.25) is 0 Å². The fourth-order valence-corrected chi connectivity index (χ4v) is 5.18. The molecule has 0 spiro atoms. The van der Waals surface area contributed by atoms with Gasteiger partial charge >= 0.3 is 27.0 Å². The Morgan fingerprint density at radius 3 is 2.20 bits per heavy atom. The number of hydrogen-bond donors (Lipinski definition) is 0. The van der Waals surface area contributed by atoms with Crippen LogP contribution in [-0.4, -0.2) is 20.0 Å². The molecule has 2 fully saturated rings. The van der Waals surface area contributed by atoms with Crippen LogP contribution in [0.3, 0.4) is 0 Å². The summed E-state index contributed by atoms with van der Waals surface area (Å²) in [7, 11) is 0.884. The normalized spacial score (nSPS) is 32.5. The average Bonchev–Trinajstić information content (AvgIpc) is 3.01. The third kappa shape index (κ3) is 4.65. The van der Waals surface area contributed by atoms with E-state index in [9.17, 15) is 8.42 Å². The quantitative estimate of drug-likeness (QED) is 0.435. The molecule has 1 aromatic carbocycles. The van der Waals surface area contributed by atoms with E-state index in [1.807, 2.05) is 31.2 Å². The van der Waals surface area contributed by atoms with Crippen molar-refractivity contribution in [1.82, 2.24) is 0 Å². The van der Waals surface area contributed by atoms with Gasteiger partial charge < -0.3 is 17.9 Å². The number of nitrogens with zero attached hydrogens (tertiary/aromatic N) is 1. The van der Waals surface area contributed by atoms with E-state index in [1.54, 1.807) is 24.3 Å². The Morgan fingerprint density at radius 1 is 1.16 bits per heavy atom. The Balaban J connectivity index is 0.00000101. The average molecular weight is 472 g/mol. The van der Waals surface area contributed by atoms with Crippen molar-refractivity contribution in [3.8, 4) is 0 Å². The van der Waals surface area contributed by atoms with Gasteiger partial charge in [-0.05, 0) is 36.3 Å². The van der Waals surface area contributed by atoms with Gasteiger partial charge in [-0.25, -0.2) is 8.42 Å². The van der Waals surface area contributed by atoms with Crippen LogP contribution < -0.4 is 0 Å². The Bertz CT molecular complexity index is 690. The Kier molecular flexibility index (Phi) is 7.32. The predicted octanol–water partition coefficient (Wildman–Crippen LogP) is 5.44. The van der Waals surface area contributed by atoms with Gasteiger partial charge in [0.15, 0.2) is 0 Å². The number of fused-ring (bicyclic) bond motifs is 1. The van der Waals surface area contributed by atoms with E-state index >= 15 is 0 Å². The van der Waals surface area contributed by atoms with E-state index < -0.39 is 21.6 Å². The number of nitrogens with one attached hydrogen (secondary N) is 1. The fourth-order valence-electron chi connectivity index (χ4n) is 3.92. The summed E-state index contributed by atoms with van der Waals surface area (Å²) in [4.78, 5) is 0.228. The molecule has 0 heterocycles. The van der Waals surface area contributed by atoms with Gasteiger partial charge in [0.05, 0.1) is 0 Å². The third-order valence-electron chi connectivity index (χ3n) is 5.73. The molecule has 4 nitrogen and oxygen atoms in total. The van der Waals surface area contributed by atoms with Crippen LogP contribution in [0.2, 0.25) is 0 Å². The van der Waals surface area contributed by atoms with Gasteiger partial charge in [0.1, 0.15) is 10.0 Å². The summed E-state index contributed by atoms with van der Waals surface area (Å²) < 4.78 is 29.2. The fraction of sp³-hybridized carbons (Fsp3) is 0.611. The summed E-state index contributed by atoms with van der Waals surface area (Å²) in [6, 6.07) is 6.32. The Morgan fingerprint density at radius 2 is 1.68 bits per heavy atom. The van der Waals surface area contributed by atoms with Gasteiger partial charge in [0, 0.05) is 4.90 Å². The molecule has 0 amide bonds. The van der Waals surface area contributed by atoms with E-state index in [4.69, 9.17) is 5.73 Å². The predicted molar refractivity (Wildman–Crippen MR) is 101 cm³/mol. The molecule has 1 N–H and O–H groups in total. The Hall–Kier alpha value is 0.00338. The van der Waals surface area contributed by atoms with Gasteiger partial charge in [-0.15, -0.1) is 11.6 Å². The SMILES string of the molecule is Cc1ccc(S(=O)(=O)[N-][C@H]2C[C@@H]3[C@H](C[C@]2(C)[NH-])C3(C)C)cc1.[CH3-].[Cl][Ru+3]. The molecule has 0 saturated heterocycles. The number of benzene rings is 1. The zero-order chi connectivity index (χ0) is 18.3. The number of aryl methyl sites for hydroxylation is 1. The standard InChI is InChI=1S/C17H24N2O2S.CH3.ClH.Ru/c1-11-5-7-12(8-6-11)22(20,21)19-15-9-13-14(16(13,2)3)10-17(15,4)18;;;/h5-8,13-15,18H,9-10H2,1-4H3;1H3;1H;/q-2;-1;;+4/p-1/t13-,14+,15+,17+;;;/m1.../s1. The number of halogens is 1. The van der Waals surface area contributed by atoms with Crippen molar-refractivity contribution in [2.24, 2.45) is 17.3 Å². The first-order valence-corrected chi connectivity index (χ1v) is 11.6. The molecule has 2 saturated carbocycles. The van der Waals surface area contributed by atoms with Crippen LogP contribution in [0.4, 0.5) is 0 Å². The van der Waals surface area contributed by atoms with Crippen molar-refractivity contribution in [3.05, 3.63) is 47.7 Å². The number of sulfonamides is 1. The van der Waals surface area contributed by atoms with Crippen molar-refractivity contribution in [2.45, 2.75) is 57.0 Å². The molecule has 0 bridgehead atoms. The summed E-state index contributed by atoms with van der Waals surface area (Å²) in [5.74, 6) is 1.05. The first kappa shape index (κ1) is 23.0. The number of rotatable bonds is 3. The summed E-state index contributed by atoms with van der Waals surface area (Å²) in [6.07, 6.45) is 1.45. The maximum atomic E-state index is 12.5. The van der Waals surface area contributed by atoms with Crippen LogP contribution in [0, 0.1) is 31.6 Å². The molecular formula is C18H27ClN2O2RuS. The minimum absolute atomic E-state index is 0. The molecule has 2 aliphatic carbocycles. The second kappa shape index (κ2) is 7.94. The van der Waals surface area contributed by atoms with Crippen LogP contribution in [0.5, 0.6) is 0 Å². The second-order valence-electron chi connectivity index (χ2n) is 7.80. The van der Waals surface area contributed by atoms with Gasteiger partial charge in [-0.2, -0.15) is 0 Å². The molecule has 4 atom stereocenters. The molecule has 25 heavy (non-hydrogen) atoms. The monoisotopic (exact) mass is 472 g/mol. The van der Waals surface area contributed by atoms with Gasteiger partial charge in [-0.3, -0.25) is 0 Å². The molecule has 3 rings (SSSR count). The van der Waals surface area contributed by atoms with Crippen LogP contribution >= 0.6 is 9.69 Å². The summed E-state index contributed by atoms with van der Waals surface area (Å²) >= 11 is 1.82. The molecule has 0 unspecified atom stereocenters. The maximum absolute atomic E-state index is 12.5. The topological polar surface area (TPSA) is 72.0 Å². The molecule has 0 aromatic heterocycles. The number of hydrogen-bond acceptors (Lipinski definition) is 2. The molecule has 1 aromatic rings. The Labute approximate surface area is 167 Å². The first-order valence-electron chi connectivity index (χ1n) is 7.96. The summed E-state index contributed by atoms with van der Waals surface area (Å²) in [5.41, 5.74) is 8.99. The van der Waals surface area contributed by atoms with Crippen molar-refractivity contribution >= 4 is 19.7 Å². The van der Waals surface area contributed by atoms with E-state index in [1.165, 1.54) is 0 Å². The van der Waals surface area contributed by atoms with Crippen molar-refractivity contribution in [1.29, 1.82) is 0 Å². The third-order valence-corrected chi connectivity index (χ3v) is 7.13. The van der Waals surface area contributed by atoms with Crippen molar-refractivity contribution < 1.29 is 25.7 Å². The molecule has 142 valence electrons. The van der Waals surface area contributed by atoms with Gasteiger partial charge in [-0.1, -0.05) is 51.3 Å². The zero-order valence-corrected chi connectivity index (χ0v) is 18.7. The van der Waals surface area contributed by atoms with Crippen LogP contribution in [0.25, 0.3) is 10.5 Å². The van der Waals surface area contributed by atoms with E-state index in [0.717, 1.165) is 12.0 Å². The molecule has 0 radical (unpaired) electrons.